The Bertz CT molecular complexity index is 361. The van der Waals surface area contributed by atoms with Crippen molar-refractivity contribution in [2.75, 3.05) is 27.3 Å². The Morgan fingerprint density at radius 1 is 1.00 bits per heavy atom. The van der Waals surface area contributed by atoms with Crippen molar-refractivity contribution in [3.05, 3.63) is 0 Å². The van der Waals surface area contributed by atoms with Crippen LogP contribution in [0, 0.1) is 11.8 Å². The summed E-state index contributed by atoms with van der Waals surface area (Å²) in [4.78, 5) is 25.6. The van der Waals surface area contributed by atoms with Gasteiger partial charge in [0.05, 0.1) is 11.8 Å². The Balaban J connectivity index is 2.05. The first-order valence-corrected chi connectivity index (χ1v) is 7.15. The second-order valence-electron chi connectivity index (χ2n) is 5.63. The molecule has 2 fully saturated rings. The van der Waals surface area contributed by atoms with E-state index in [4.69, 9.17) is 9.47 Å². The molecule has 0 spiro atoms. The summed E-state index contributed by atoms with van der Waals surface area (Å²) < 4.78 is 10.6. The van der Waals surface area contributed by atoms with Gasteiger partial charge in [0.2, 0.25) is 5.91 Å². The highest BCUT2D eigenvalue weighted by Gasteiger charge is 2.42. The Morgan fingerprint density at radius 2 is 1.50 bits per heavy atom. The maximum absolute atomic E-state index is 12.6. The predicted molar refractivity (Wildman–Crippen MR) is 71.3 cm³/mol. The number of hydrogen-bond donors (Lipinski definition) is 1. The first kappa shape index (κ1) is 15.3. The van der Waals surface area contributed by atoms with Crippen LogP contribution in [0.5, 0.6) is 0 Å². The third-order valence-corrected chi connectivity index (χ3v) is 4.53. The Hall–Kier alpha value is -1.14. The van der Waals surface area contributed by atoms with Crippen LogP contribution in [-0.4, -0.2) is 61.4 Å². The molecule has 20 heavy (non-hydrogen) atoms. The topological polar surface area (TPSA) is 76.1 Å². The third-order valence-electron chi connectivity index (χ3n) is 4.53. The summed E-state index contributed by atoms with van der Waals surface area (Å²) in [5.41, 5.74) is 0. The van der Waals surface area contributed by atoms with Gasteiger partial charge in [-0.1, -0.05) is 12.8 Å². The number of ether oxygens (including phenoxy) is 2. The maximum atomic E-state index is 12.6. The van der Waals surface area contributed by atoms with Crippen molar-refractivity contribution in [3.63, 3.8) is 0 Å². The molecule has 0 bridgehead atoms. The quantitative estimate of drug-likeness (QED) is 0.825. The van der Waals surface area contributed by atoms with Crippen LogP contribution in [0.1, 0.15) is 25.7 Å². The zero-order chi connectivity index (χ0) is 14.7. The molecule has 1 N–H and O–H groups in total. The van der Waals surface area contributed by atoms with Crippen LogP contribution >= 0.6 is 0 Å². The van der Waals surface area contributed by atoms with Gasteiger partial charge in [-0.2, -0.15) is 0 Å². The van der Waals surface area contributed by atoms with Gasteiger partial charge in [-0.15, -0.1) is 0 Å². The molecule has 1 saturated heterocycles. The number of carbonyl (C=O) groups is 2. The van der Waals surface area contributed by atoms with E-state index < -0.39 is 17.8 Å². The molecule has 0 aromatic heterocycles. The lowest BCUT2D eigenvalue weighted by Crippen LogP contribution is -2.42. The van der Waals surface area contributed by atoms with Gasteiger partial charge in [0.15, 0.2) is 0 Å². The molecule has 2 rings (SSSR count). The standard InChI is InChI=1S/C14H23NO5/c1-19-11-7-15(8-12(11)20-2)13(16)9-5-3-4-6-10(9)14(17)18/h9-12H,3-8H2,1-2H3,(H,17,18). The highest BCUT2D eigenvalue weighted by molar-refractivity contribution is 5.85. The first-order valence-electron chi connectivity index (χ1n) is 7.15. The molecule has 6 heteroatoms. The highest BCUT2D eigenvalue weighted by Crippen LogP contribution is 2.33. The number of hydrogen-bond acceptors (Lipinski definition) is 4. The lowest BCUT2D eigenvalue weighted by molar-refractivity contribution is -0.152. The molecule has 1 saturated carbocycles. The van der Waals surface area contributed by atoms with E-state index in [1.54, 1.807) is 19.1 Å². The largest absolute Gasteiger partial charge is 0.481 e. The molecule has 114 valence electrons. The van der Waals surface area contributed by atoms with Crippen molar-refractivity contribution in [2.24, 2.45) is 11.8 Å². The third kappa shape index (κ3) is 2.96. The number of methoxy groups -OCH3 is 2. The summed E-state index contributed by atoms with van der Waals surface area (Å²) >= 11 is 0. The van der Waals surface area contributed by atoms with E-state index in [2.05, 4.69) is 0 Å². The van der Waals surface area contributed by atoms with Gasteiger partial charge in [-0.25, -0.2) is 0 Å². The summed E-state index contributed by atoms with van der Waals surface area (Å²) in [6.07, 6.45) is 2.83. The predicted octanol–water partition coefficient (Wildman–Crippen LogP) is 0.750. The summed E-state index contributed by atoms with van der Waals surface area (Å²) in [5, 5.41) is 9.28. The van der Waals surface area contributed by atoms with E-state index in [1.165, 1.54) is 0 Å². The van der Waals surface area contributed by atoms with Gasteiger partial charge in [0, 0.05) is 27.3 Å². The fraction of sp³-hybridized carbons (Fsp3) is 0.857. The number of rotatable bonds is 4. The molecule has 0 aromatic carbocycles. The van der Waals surface area contributed by atoms with Crippen molar-refractivity contribution in [3.8, 4) is 0 Å². The van der Waals surface area contributed by atoms with Gasteiger partial charge < -0.3 is 19.5 Å². The van der Waals surface area contributed by atoms with Crippen LogP contribution < -0.4 is 0 Å². The van der Waals surface area contributed by atoms with Crippen molar-refractivity contribution >= 4 is 11.9 Å². The lowest BCUT2D eigenvalue weighted by atomic mass is 9.78. The number of carboxylic acids is 1. The van der Waals surface area contributed by atoms with Crippen LogP contribution in [0.15, 0.2) is 0 Å². The maximum Gasteiger partial charge on any atom is 0.307 e. The Labute approximate surface area is 119 Å². The molecule has 0 radical (unpaired) electrons. The van der Waals surface area contributed by atoms with Crippen molar-refractivity contribution in [1.82, 2.24) is 4.90 Å². The number of aliphatic carboxylic acids is 1. The van der Waals surface area contributed by atoms with E-state index in [-0.39, 0.29) is 18.1 Å². The number of nitrogens with zero attached hydrogens (tertiary/aromatic N) is 1. The zero-order valence-corrected chi connectivity index (χ0v) is 12.1. The van der Waals surface area contributed by atoms with Crippen molar-refractivity contribution in [1.29, 1.82) is 0 Å². The highest BCUT2D eigenvalue weighted by atomic mass is 16.5. The zero-order valence-electron chi connectivity index (χ0n) is 12.1. The van der Waals surface area contributed by atoms with Gasteiger partial charge in [-0.3, -0.25) is 9.59 Å². The van der Waals surface area contributed by atoms with E-state index >= 15 is 0 Å². The molecular weight excluding hydrogens is 262 g/mol. The monoisotopic (exact) mass is 285 g/mol. The van der Waals surface area contributed by atoms with Crippen LogP contribution in [0.3, 0.4) is 0 Å². The minimum absolute atomic E-state index is 0.0568. The van der Waals surface area contributed by atoms with E-state index in [0.29, 0.717) is 25.9 Å². The Morgan fingerprint density at radius 3 is 1.95 bits per heavy atom. The fourth-order valence-electron chi connectivity index (χ4n) is 3.33. The van der Waals surface area contributed by atoms with E-state index in [0.717, 1.165) is 12.8 Å². The number of likely N-dealkylation sites (tertiary alicyclic amines) is 1. The van der Waals surface area contributed by atoms with Crippen LogP contribution in [0.2, 0.25) is 0 Å². The molecule has 1 aliphatic heterocycles. The molecule has 0 aromatic rings. The van der Waals surface area contributed by atoms with Gasteiger partial charge in [0.25, 0.3) is 0 Å². The molecule has 4 atom stereocenters. The average molecular weight is 285 g/mol. The summed E-state index contributed by atoms with van der Waals surface area (Å²) in [6.45, 7) is 0.966. The van der Waals surface area contributed by atoms with Gasteiger partial charge >= 0.3 is 5.97 Å². The molecule has 6 nitrogen and oxygen atoms in total. The van der Waals surface area contributed by atoms with E-state index in [1.807, 2.05) is 0 Å². The van der Waals surface area contributed by atoms with Crippen LogP contribution in [0.25, 0.3) is 0 Å². The fourth-order valence-corrected chi connectivity index (χ4v) is 3.33. The summed E-state index contributed by atoms with van der Waals surface area (Å²) in [5.74, 6) is -1.85. The van der Waals surface area contributed by atoms with Crippen LogP contribution in [0.4, 0.5) is 0 Å². The SMILES string of the molecule is COC1CN(C(=O)C2CCCCC2C(=O)O)CC1OC. The van der Waals surface area contributed by atoms with Gasteiger partial charge in [0.1, 0.15) is 12.2 Å². The minimum atomic E-state index is -0.853. The number of carboxylic acid groups (broad SMARTS) is 1. The molecule has 4 unspecified atom stereocenters. The van der Waals surface area contributed by atoms with E-state index in [9.17, 15) is 14.7 Å². The van der Waals surface area contributed by atoms with Crippen LogP contribution in [-0.2, 0) is 19.1 Å². The summed E-state index contributed by atoms with van der Waals surface area (Å²) in [6, 6.07) is 0. The van der Waals surface area contributed by atoms with Crippen molar-refractivity contribution < 1.29 is 24.2 Å². The molecule has 2 aliphatic rings. The second-order valence-corrected chi connectivity index (χ2v) is 5.63. The number of carbonyl (C=O) groups excluding carboxylic acids is 1. The summed E-state index contributed by atoms with van der Waals surface area (Å²) in [7, 11) is 3.21. The smallest absolute Gasteiger partial charge is 0.307 e. The second kappa shape index (κ2) is 6.54. The Kier molecular flexibility index (Phi) is 4.99. The average Bonchev–Trinajstić information content (AvgIpc) is 2.89. The normalized spacial score (nSPS) is 34.2. The van der Waals surface area contributed by atoms with Gasteiger partial charge in [-0.05, 0) is 12.8 Å². The molecule has 1 aliphatic carbocycles. The first-order chi connectivity index (χ1) is 9.58. The molecular formula is C14H23NO5. The molecule has 1 heterocycles. The minimum Gasteiger partial charge on any atom is -0.481 e. The number of amides is 1. The molecule has 1 amide bonds. The lowest BCUT2D eigenvalue weighted by Gasteiger charge is -2.30. The van der Waals surface area contributed by atoms with Crippen molar-refractivity contribution in [2.45, 2.75) is 37.9 Å².